The van der Waals surface area contributed by atoms with Gasteiger partial charge in [0.15, 0.2) is 0 Å². The molecule has 1 aliphatic heterocycles. The molecule has 2 aliphatic rings. The molecule has 1 aromatic carbocycles. The van der Waals surface area contributed by atoms with Crippen molar-refractivity contribution < 1.29 is 14.4 Å². The number of amides is 3. The number of likely N-dealkylation sites (tertiary alicyclic amines) is 1. The summed E-state index contributed by atoms with van der Waals surface area (Å²) in [4.78, 5) is 38.8. The fourth-order valence-electron chi connectivity index (χ4n) is 4.41. The Bertz CT molecular complexity index is 931. The van der Waals surface area contributed by atoms with Gasteiger partial charge in [0.25, 0.3) is 5.91 Å². The van der Waals surface area contributed by atoms with E-state index in [0.717, 1.165) is 37.8 Å². The molecule has 8 heteroatoms. The maximum atomic E-state index is 12.9. The number of hydrogen-bond acceptors (Lipinski definition) is 4. The van der Waals surface area contributed by atoms with Gasteiger partial charge in [0.05, 0.1) is 5.69 Å². The van der Waals surface area contributed by atoms with E-state index >= 15 is 0 Å². The molecular weight excluding hydrogens is 382 g/mol. The molecule has 4 rings (SSSR count). The van der Waals surface area contributed by atoms with E-state index < -0.39 is 11.9 Å². The number of primary amides is 1. The molecule has 1 unspecified atom stereocenters. The van der Waals surface area contributed by atoms with Gasteiger partial charge >= 0.3 is 0 Å². The smallest absolute Gasteiger partial charge is 0.269 e. The van der Waals surface area contributed by atoms with E-state index in [1.807, 2.05) is 0 Å². The van der Waals surface area contributed by atoms with Crippen molar-refractivity contribution in [2.24, 2.45) is 11.7 Å². The molecule has 1 aromatic heterocycles. The fourth-order valence-corrected chi connectivity index (χ4v) is 4.41. The highest BCUT2D eigenvalue weighted by Gasteiger charge is 2.37. The van der Waals surface area contributed by atoms with Crippen LogP contribution >= 0.6 is 0 Å². The van der Waals surface area contributed by atoms with E-state index in [2.05, 4.69) is 10.4 Å². The van der Waals surface area contributed by atoms with Gasteiger partial charge in [-0.05, 0) is 56.0 Å². The topological polar surface area (TPSA) is 110 Å². The lowest BCUT2D eigenvalue weighted by molar-refractivity contribution is -0.141. The molecule has 0 bridgehead atoms. The number of carbonyl (C=O) groups is 3. The van der Waals surface area contributed by atoms with Gasteiger partial charge in [-0.3, -0.25) is 14.4 Å². The molecule has 1 saturated carbocycles. The van der Waals surface area contributed by atoms with Gasteiger partial charge in [-0.1, -0.05) is 19.3 Å². The molecule has 3 amide bonds. The molecule has 1 saturated heterocycles. The first-order valence-electron chi connectivity index (χ1n) is 10.6. The predicted molar refractivity (Wildman–Crippen MR) is 112 cm³/mol. The molecule has 2 aromatic rings. The molecule has 3 N–H and O–H groups in total. The van der Waals surface area contributed by atoms with Gasteiger partial charge in [0.1, 0.15) is 11.7 Å². The molecule has 158 valence electrons. The normalized spacial score (nSPS) is 19.6. The molecule has 1 aliphatic carbocycles. The van der Waals surface area contributed by atoms with Crippen LogP contribution in [0.25, 0.3) is 5.69 Å². The van der Waals surface area contributed by atoms with Gasteiger partial charge in [0.2, 0.25) is 11.8 Å². The number of benzene rings is 1. The third kappa shape index (κ3) is 4.22. The fraction of sp³-hybridized carbons (Fsp3) is 0.455. The van der Waals surface area contributed by atoms with Crippen LogP contribution < -0.4 is 11.1 Å². The number of nitrogens with one attached hydrogen (secondary N) is 1. The van der Waals surface area contributed by atoms with E-state index in [-0.39, 0.29) is 23.4 Å². The van der Waals surface area contributed by atoms with Crippen molar-refractivity contribution in [2.75, 3.05) is 11.9 Å². The largest absolute Gasteiger partial charge is 0.364 e. The minimum atomic E-state index is -0.582. The summed E-state index contributed by atoms with van der Waals surface area (Å²) in [6.07, 6.45) is 8.50. The Balaban J connectivity index is 1.40. The number of nitrogens with two attached hydrogens (primary N) is 1. The summed E-state index contributed by atoms with van der Waals surface area (Å²) in [5, 5.41) is 7.06. The maximum absolute atomic E-state index is 12.9. The van der Waals surface area contributed by atoms with Gasteiger partial charge in [-0.2, -0.15) is 5.10 Å². The molecule has 1 atom stereocenters. The molecule has 2 heterocycles. The molecular formula is C22H27N5O3. The highest BCUT2D eigenvalue weighted by molar-refractivity contribution is 5.98. The average Bonchev–Trinajstić information content (AvgIpc) is 3.44. The third-order valence-electron chi connectivity index (χ3n) is 6.03. The van der Waals surface area contributed by atoms with Crippen molar-refractivity contribution >= 4 is 23.4 Å². The lowest BCUT2D eigenvalue weighted by Crippen LogP contribution is -2.46. The Labute approximate surface area is 175 Å². The van der Waals surface area contributed by atoms with Crippen LogP contribution in [-0.4, -0.2) is 45.0 Å². The van der Waals surface area contributed by atoms with Crippen molar-refractivity contribution in [1.29, 1.82) is 0 Å². The first-order chi connectivity index (χ1) is 14.5. The van der Waals surface area contributed by atoms with E-state index in [1.54, 1.807) is 46.1 Å². The molecule has 2 fully saturated rings. The standard InChI is InChI=1S/C22H27N5O3/c23-20(28)18-12-14-27(25-18)17-10-8-16(9-11-17)24-21(29)19-7-4-13-26(19)22(30)15-5-2-1-3-6-15/h8-12,14-15,19H,1-7,13H2,(H2,23,28)(H,24,29). The molecule has 30 heavy (non-hydrogen) atoms. The first-order valence-corrected chi connectivity index (χ1v) is 10.6. The first kappa shape index (κ1) is 20.1. The van der Waals surface area contributed by atoms with Crippen LogP contribution in [0.5, 0.6) is 0 Å². The van der Waals surface area contributed by atoms with Crippen LogP contribution in [0.2, 0.25) is 0 Å². The summed E-state index contributed by atoms with van der Waals surface area (Å²) in [5.41, 5.74) is 6.83. The van der Waals surface area contributed by atoms with Crippen molar-refractivity contribution in [2.45, 2.75) is 51.0 Å². The highest BCUT2D eigenvalue weighted by Crippen LogP contribution is 2.29. The molecule has 0 spiro atoms. The number of anilines is 1. The Hall–Kier alpha value is -3.16. The summed E-state index contributed by atoms with van der Waals surface area (Å²) < 4.78 is 1.55. The van der Waals surface area contributed by atoms with Crippen LogP contribution in [0, 0.1) is 5.92 Å². The van der Waals surface area contributed by atoms with E-state index in [0.29, 0.717) is 18.7 Å². The minimum Gasteiger partial charge on any atom is -0.364 e. The van der Waals surface area contributed by atoms with Crippen molar-refractivity contribution in [3.63, 3.8) is 0 Å². The number of carbonyl (C=O) groups excluding carboxylic acids is 3. The van der Waals surface area contributed by atoms with Gasteiger partial charge in [0, 0.05) is 24.3 Å². The molecule has 0 radical (unpaired) electrons. The third-order valence-corrected chi connectivity index (χ3v) is 6.03. The second-order valence-corrected chi connectivity index (χ2v) is 8.07. The van der Waals surface area contributed by atoms with Crippen LogP contribution in [-0.2, 0) is 9.59 Å². The summed E-state index contributed by atoms with van der Waals surface area (Å²) in [7, 11) is 0. The van der Waals surface area contributed by atoms with Crippen LogP contribution in [0.1, 0.15) is 55.4 Å². The Morgan fingerprint density at radius 3 is 2.37 bits per heavy atom. The van der Waals surface area contributed by atoms with E-state index in [1.165, 1.54) is 6.42 Å². The SMILES string of the molecule is NC(=O)c1ccn(-c2ccc(NC(=O)C3CCCN3C(=O)C3CCCCC3)cc2)n1. The van der Waals surface area contributed by atoms with Crippen LogP contribution in [0.15, 0.2) is 36.5 Å². The van der Waals surface area contributed by atoms with Gasteiger partial charge in [-0.15, -0.1) is 0 Å². The number of hydrogen-bond donors (Lipinski definition) is 2. The lowest BCUT2D eigenvalue weighted by atomic mass is 9.88. The number of aromatic nitrogens is 2. The van der Waals surface area contributed by atoms with E-state index in [9.17, 15) is 14.4 Å². The molecule has 8 nitrogen and oxygen atoms in total. The highest BCUT2D eigenvalue weighted by atomic mass is 16.2. The Morgan fingerprint density at radius 1 is 0.967 bits per heavy atom. The summed E-state index contributed by atoms with van der Waals surface area (Å²) in [5.74, 6) is -0.501. The Kier molecular flexibility index (Phi) is 5.83. The number of rotatable bonds is 5. The predicted octanol–water partition coefficient (Wildman–Crippen LogP) is 2.48. The second-order valence-electron chi connectivity index (χ2n) is 8.07. The lowest BCUT2D eigenvalue weighted by Gasteiger charge is -2.30. The zero-order valence-corrected chi connectivity index (χ0v) is 16.9. The average molecular weight is 409 g/mol. The maximum Gasteiger partial charge on any atom is 0.269 e. The zero-order valence-electron chi connectivity index (χ0n) is 16.9. The van der Waals surface area contributed by atoms with Crippen molar-refractivity contribution in [3.8, 4) is 5.69 Å². The minimum absolute atomic E-state index is 0.0748. The van der Waals surface area contributed by atoms with Crippen LogP contribution in [0.4, 0.5) is 5.69 Å². The van der Waals surface area contributed by atoms with E-state index in [4.69, 9.17) is 5.73 Å². The quantitative estimate of drug-likeness (QED) is 0.790. The second kappa shape index (κ2) is 8.69. The number of nitrogens with zero attached hydrogens (tertiary/aromatic N) is 3. The summed E-state index contributed by atoms with van der Waals surface area (Å²) in [6, 6.07) is 8.31. The summed E-state index contributed by atoms with van der Waals surface area (Å²) in [6.45, 7) is 0.661. The van der Waals surface area contributed by atoms with Crippen molar-refractivity contribution in [1.82, 2.24) is 14.7 Å². The summed E-state index contributed by atoms with van der Waals surface area (Å²) >= 11 is 0. The van der Waals surface area contributed by atoms with Gasteiger partial charge in [-0.25, -0.2) is 4.68 Å². The Morgan fingerprint density at radius 2 is 1.70 bits per heavy atom. The van der Waals surface area contributed by atoms with Gasteiger partial charge < -0.3 is 16.0 Å². The van der Waals surface area contributed by atoms with Crippen molar-refractivity contribution in [3.05, 3.63) is 42.2 Å². The van der Waals surface area contributed by atoms with Crippen LogP contribution in [0.3, 0.4) is 0 Å². The zero-order chi connectivity index (χ0) is 21.1. The monoisotopic (exact) mass is 409 g/mol.